The Bertz CT molecular complexity index is 734. The van der Waals surface area contributed by atoms with Crippen molar-refractivity contribution in [1.82, 2.24) is 5.32 Å². The van der Waals surface area contributed by atoms with Crippen molar-refractivity contribution in [2.24, 2.45) is 0 Å². The predicted molar refractivity (Wildman–Crippen MR) is 81.2 cm³/mol. The molecule has 7 heteroatoms. The first kappa shape index (κ1) is 16.2. The second kappa shape index (κ2) is 6.84. The van der Waals surface area contributed by atoms with Gasteiger partial charge in [-0.05, 0) is 30.5 Å². The van der Waals surface area contributed by atoms with Gasteiger partial charge in [-0.25, -0.2) is 9.18 Å². The first-order valence-corrected chi connectivity index (χ1v) is 7.54. The van der Waals surface area contributed by atoms with Crippen LogP contribution in [-0.2, 0) is 4.74 Å². The average molecular weight is 333 g/mol. The van der Waals surface area contributed by atoms with E-state index in [1.807, 2.05) is 0 Å². The molecular formula is C17H16FNO5. The first-order valence-electron chi connectivity index (χ1n) is 7.54. The van der Waals surface area contributed by atoms with Crippen LogP contribution in [0, 0.1) is 5.82 Å². The van der Waals surface area contributed by atoms with Gasteiger partial charge in [0.15, 0.2) is 5.76 Å². The van der Waals surface area contributed by atoms with Gasteiger partial charge >= 0.3 is 5.97 Å². The number of halogens is 1. The number of carboxylic acid groups (broad SMARTS) is 1. The summed E-state index contributed by atoms with van der Waals surface area (Å²) < 4.78 is 23.8. The quantitative estimate of drug-likeness (QED) is 0.878. The number of carboxylic acids is 1. The summed E-state index contributed by atoms with van der Waals surface area (Å²) in [6, 6.07) is 6.51. The van der Waals surface area contributed by atoms with Crippen molar-refractivity contribution in [2.45, 2.75) is 25.0 Å². The molecule has 0 saturated carbocycles. The van der Waals surface area contributed by atoms with Crippen LogP contribution in [0.5, 0.6) is 0 Å². The molecule has 2 N–H and O–H groups in total. The maximum atomic E-state index is 13.1. The Morgan fingerprint density at radius 3 is 2.62 bits per heavy atom. The van der Waals surface area contributed by atoms with E-state index in [1.165, 1.54) is 12.1 Å². The Kier molecular flexibility index (Phi) is 4.61. The molecule has 1 aliphatic heterocycles. The molecule has 0 aliphatic carbocycles. The van der Waals surface area contributed by atoms with Crippen molar-refractivity contribution in [1.29, 1.82) is 0 Å². The predicted octanol–water partition coefficient (Wildman–Crippen LogP) is 2.77. The molecule has 1 aromatic heterocycles. The number of carbonyl (C=O) groups is 2. The van der Waals surface area contributed by atoms with Gasteiger partial charge in [-0.1, -0.05) is 12.1 Å². The largest absolute Gasteiger partial charge is 0.478 e. The van der Waals surface area contributed by atoms with Crippen LogP contribution >= 0.6 is 0 Å². The first-order chi connectivity index (χ1) is 11.5. The molecule has 3 rings (SSSR count). The molecule has 2 unspecified atom stereocenters. The van der Waals surface area contributed by atoms with Crippen molar-refractivity contribution in [2.75, 3.05) is 6.61 Å². The van der Waals surface area contributed by atoms with Crippen LogP contribution in [-0.4, -0.2) is 29.7 Å². The lowest BCUT2D eigenvalue weighted by atomic mass is 9.99. The molecule has 6 nitrogen and oxygen atoms in total. The normalized spacial score (nSPS) is 18.3. The van der Waals surface area contributed by atoms with E-state index in [-0.39, 0.29) is 23.2 Å². The highest BCUT2D eigenvalue weighted by atomic mass is 19.1. The lowest BCUT2D eigenvalue weighted by Gasteiger charge is -2.24. The monoisotopic (exact) mass is 333 g/mol. The molecule has 1 amide bonds. The third kappa shape index (κ3) is 3.46. The fourth-order valence-electron chi connectivity index (χ4n) is 2.71. The second-order valence-electron chi connectivity index (χ2n) is 5.56. The van der Waals surface area contributed by atoms with Crippen molar-refractivity contribution in [3.05, 3.63) is 59.3 Å². The molecule has 2 heterocycles. The summed E-state index contributed by atoms with van der Waals surface area (Å²) in [5.41, 5.74) is 0.609. The fraction of sp³-hybridized carbons (Fsp3) is 0.294. The summed E-state index contributed by atoms with van der Waals surface area (Å²) >= 11 is 0. The minimum absolute atomic E-state index is 0.0995. The summed E-state index contributed by atoms with van der Waals surface area (Å²) in [6.45, 7) is 0.599. The topological polar surface area (TPSA) is 88.8 Å². The van der Waals surface area contributed by atoms with Crippen molar-refractivity contribution in [3.8, 4) is 0 Å². The summed E-state index contributed by atoms with van der Waals surface area (Å²) in [6.07, 6.45) is 2.42. The van der Waals surface area contributed by atoms with Gasteiger partial charge < -0.3 is 19.6 Å². The van der Waals surface area contributed by atoms with Gasteiger partial charge in [0.25, 0.3) is 5.91 Å². The van der Waals surface area contributed by atoms with Crippen LogP contribution in [0.25, 0.3) is 0 Å². The van der Waals surface area contributed by atoms with E-state index in [0.29, 0.717) is 12.2 Å². The Labute approximate surface area is 137 Å². The summed E-state index contributed by atoms with van der Waals surface area (Å²) in [5.74, 6) is -2.19. The summed E-state index contributed by atoms with van der Waals surface area (Å²) in [4.78, 5) is 23.2. The third-order valence-electron chi connectivity index (χ3n) is 3.92. The zero-order valence-electron chi connectivity index (χ0n) is 12.7. The molecule has 0 bridgehead atoms. The van der Waals surface area contributed by atoms with Gasteiger partial charge in [-0.15, -0.1) is 0 Å². The van der Waals surface area contributed by atoms with E-state index in [0.717, 1.165) is 25.2 Å². The van der Waals surface area contributed by atoms with Gasteiger partial charge in [0.05, 0.1) is 17.7 Å². The zero-order chi connectivity index (χ0) is 17.1. The molecule has 126 valence electrons. The van der Waals surface area contributed by atoms with E-state index in [1.54, 1.807) is 12.1 Å². The van der Waals surface area contributed by atoms with Crippen LogP contribution in [0.1, 0.15) is 45.4 Å². The Morgan fingerprint density at radius 2 is 2.04 bits per heavy atom. The number of carbonyl (C=O) groups excluding carboxylic acids is 1. The molecule has 0 radical (unpaired) electrons. The van der Waals surface area contributed by atoms with Gasteiger partial charge in [0.2, 0.25) is 0 Å². The number of amides is 1. The number of hydrogen-bond acceptors (Lipinski definition) is 4. The SMILES string of the molecule is O=C(O)c1coc(C(=O)NC(c2ccc(F)cc2)C2CCCO2)c1. The highest BCUT2D eigenvalue weighted by Crippen LogP contribution is 2.27. The standard InChI is InChI=1S/C17H16FNO5/c18-12-5-3-10(4-6-12)15(13-2-1-7-23-13)19-16(20)14-8-11(9-24-14)17(21)22/h3-6,8-9,13,15H,1-2,7H2,(H,19,20)(H,21,22). The number of hydrogen-bond donors (Lipinski definition) is 2. The Morgan fingerprint density at radius 1 is 1.29 bits per heavy atom. The van der Waals surface area contributed by atoms with Gasteiger partial charge in [-0.2, -0.15) is 0 Å². The van der Waals surface area contributed by atoms with E-state index in [9.17, 15) is 14.0 Å². The molecule has 1 aromatic carbocycles. The molecule has 1 saturated heterocycles. The van der Waals surface area contributed by atoms with Crippen LogP contribution < -0.4 is 5.32 Å². The van der Waals surface area contributed by atoms with Crippen LogP contribution in [0.15, 0.2) is 41.0 Å². The zero-order valence-corrected chi connectivity index (χ0v) is 12.7. The molecule has 24 heavy (non-hydrogen) atoms. The van der Waals surface area contributed by atoms with Crippen molar-refractivity contribution < 1.29 is 28.2 Å². The van der Waals surface area contributed by atoms with Crippen LogP contribution in [0.3, 0.4) is 0 Å². The number of ether oxygens (including phenoxy) is 1. The number of nitrogens with one attached hydrogen (secondary N) is 1. The maximum absolute atomic E-state index is 13.1. The Hall–Kier alpha value is -2.67. The molecule has 1 fully saturated rings. The van der Waals surface area contributed by atoms with E-state index >= 15 is 0 Å². The van der Waals surface area contributed by atoms with Crippen LogP contribution in [0.4, 0.5) is 4.39 Å². The lowest BCUT2D eigenvalue weighted by molar-refractivity contribution is 0.0657. The highest BCUT2D eigenvalue weighted by molar-refractivity contribution is 5.95. The second-order valence-corrected chi connectivity index (χ2v) is 5.56. The Balaban J connectivity index is 1.81. The van der Waals surface area contributed by atoms with Gasteiger partial charge in [0.1, 0.15) is 12.1 Å². The molecular weight excluding hydrogens is 317 g/mol. The van der Waals surface area contributed by atoms with E-state index < -0.39 is 17.9 Å². The van der Waals surface area contributed by atoms with E-state index in [2.05, 4.69) is 5.32 Å². The molecule has 2 atom stereocenters. The number of benzene rings is 1. The summed E-state index contributed by atoms with van der Waals surface area (Å²) in [7, 11) is 0. The number of furan rings is 1. The smallest absolute Gasteiger partial charge is 0.338 e. The van der Waals surface area contributed by atoms with Crippen molar-refractivity contribution in [3.63, 3.8) is 0 Å². The third-order valence-corrected chi connectivity index (χ3v) is 3.92. The number of rotatable bonds is 5. The minimum atomic E-state index is -1.17. The highest BCUT2D eigenvalue weighted by Gasteiger charge is 2.30. The molecule has 1 aliphatic rings. The van der Waals surface area contributed by atoms with Crippen LogP contribution in [0.2, 0.25) is 0 Å². The number of aromatic carboxylic acids is 1. The van der Waals surface area contributed by atoms with Gasteiger partial charge in [-0.3, -0.25) is 4.79 Å². The fourth-order valence-corrected chi connectivity index (χ4v) is 2.71. The molecule has 2 aromatic rings. The maximum Gasteiger partial charge on any atom is 0.338 e. The van der Waals surface area contributed by atoms with Crippen molar-refractivity contribution >= 4 is 11.9 Å². The average Bonchev–Trinajstić information content (AvgIpc) is 3.25. The summed E-state index contributed by atoms with van der Waals surface area (Å²) in [5, 5.41) is 11.7. The minimum Gasteiger partial charge on any atom is -0.478 e. The lowest BCUT2D eigenvalue weighted by Crippen LogP contribution is -2.36. The van der Waals surface area contributed by atoms with Gasteiger partial charge in [0, 0.05) is 12.7 Å². The molecule has 0 spiro atoms. The van der Waals surface area contributed by atoms with E-state index in [4.69, 9.17) is 14.3 Å².